The number of hydrogen-bond acceptors (Lipinski definition) is 3. The van der Waals surface area contributed by atoms with E-state index in [1.165, 1.54) is 7.11 Å². The largest absolute Gasteiger partial charge is 0.467 e. The van der Waals surface area contributed by atoms with Crippen LogP contribution < -0.4 is 5.32 Å². The fourth-order valence-electron chi connectivity index (χ4n) is 3.43. The highest BCUT2D eigenvalue weighted by Crippen LogP contribution is 2.20. The second kappa shape index (κ2) is 7.56. The molecule has 0 saturated heterocycles. The highest BCUT2D eigenvalue weighted by atomic mass is 16.5. The monoisotopic (exact) mass is 372 g/mol. The van der Waals surface area contributed by atoms with Gasteiger partial charge in [-0.3, -0.25) is 4.79 Å². The third-order valence-corrected chi connectivity index (χ3v) is 4.90. The summed E-state index contributed by atoms with van der Waals surface area (Å²) in [5, 5.41) is 5.88. The Kier molecular flexibility index (Phi) is 4.81. The van der Waals surface area contributed by atoms with E-state index in [-0.39, 0.29) is 5.91 Å². The van der Waals surface area contributed by atoms with Crippen LogP contribution in [0.1, 0.15) is 15.9 Å². The number of rotatable bonds is 5. The van der Waals surface area contributed by atoms with Crippen molar-refractivity contribution in [3.8, 4) is 0 Å². The highest BCUT2D eigenvalue weighted by Gasteiger charge is 2.24. The summed E-state index contributed by atoms with van der Waals surface area (Å²) >= 11 is 0. The van der Waals surface area contributed by atoms with Gasteiger partial charge in [0.15, 0.2) is 0 Å². The predicted molar refractivity (Wildman–Crippen MR) is 109 cm³/mol. The van der Waals surface area contributed by atoms with Gasteiger partial charge < -0.3 is 15.0 Å². The maximum Gasteiger partial charge on any atom is 0.328 e. The molecule has 0 bridgehead atoms. The van der Waals surface area contributed by atoms with Crippen LogP contribution in [0.5, 0.6) is 0 Å². The number of carbonyl (C=O) groups excluding carboxylic acids is 2. The first kappa shape index (κ1) is 17.8. The van der Waals surface area contributed by atoms with Crippen molar-refractivity contribution in [3.05, 3.63) is 84.1 Å². The van der Waals surface area contributed by atoms with E-state index in [1.54, 1.807) is 6.07 Å². The minimum absolute atomic E-state index is 0.305. The molecule has 1 heterocycles. The lowest BCUT2D eigenvalue weighted by molar-refractivity contribution is -0.142. The molecule has 140 valence electrons. The Morgan fingerprint density at radius 1 is 1.00 bits per heavy atom. The minimum Gasteiger partial charge on any atom is -0.467 e. The Labute approximate surface area is 162 Å². The lowest BCUT2D eigenvalue weighted by Crippen LogP contribution is -2.43. The van der Waals surface area contributed by atoms with E-state index >= 15 is 0 Å². The van der Waals surface area contributed by atoms with E-state index < -0.39 is 12.0 Å². The molecule has 5 heteroatoms. The molecule has 0 aliphatic heterocycles. The number of amides is 1. The normalized spacial score (nSPS) is 12.0. The van der Waals surface area contributed by atoms with Crippen LogP contribution in [0.15, 0.2) is 72.9 Å². The number of nitrogens with one attached hydrogen (secondary N) is 2. The van der Waals surface area contributed by atoms with E-state index in [0.29, 0.717) is 12.0 Å². The quantitative estimate of drug-likeness (QED) is 0.523. The van der Waals surface area contributed by atoms with Crippen molar-refractivity contribution >= 4 is 33.6 Å². The van der Waals surface area contributed by atoms with Crippen LogP contribution in [-0.4, -0.2) is 30.0 Å². The van der Waals surface area contributed by atoms with E-state index in [4.69, 9.17) is 4.74 Å². The fraction of sp³-hybridized carbons (Fsp3) is 0.130. The first-order valence-corrected chi connectivity index (χ1v) is 9.08. The first-order chi connectivity index (χ1) is 13.7. The van der Waals surface area contributed by atoms with Crippen LogP contribution in [-0.2, 0) is 16.0 Å². The summed E-state index contributed by atoms with van der Waals surface area (Å²) in [6, 6.07) is 20.4. The molecule has 4 rings (SSSR count). The van der Waals surface area contributed by atoms with E-state index in [0.717, 1.165) is 27.2 Å². The smallest absolute Gasteiger partial charge is 0.328 e. The second-order valence-electron chi connectivity index (χ2n) is 6.67. The van der Waals surface area contributed by atoms with Crippen LogP contribution in [0, 0.1) is 0 Å². The number of aromatic nitrogens is 1. The molecule has 0 aliphatic carbocycles. The lowest BCUT2D eigenvalue weighted by atomic mass is 10.0. The molecule has 3 aromatic carbocycles. The maximum atomic E-state index is 12.8. The average Bonchev–Trinajstić information content (AvgIpc) is 3.15. The standard InChI is InChI=1S/C23H20N2O3/c1-28-23(27)21(13-18-14-24-20-9-5-4-8-19(18)20)25-22(26)17-11-10-15-6-2-3-7-16(15)12-17/h2-12,14,21,24H,13H2,1H3,(H,25,26). The maximum absolute atomic E-state index is 12.8. The molecule has 2 N–H and O–H groups in total. The van der Waals surface area contributed by atoms with E-state index in [9.17, 15) is 9.59 Å². The van der Waals surface area contributed by atoms with Crippen molar-refractivity contribution in [3.63, 3.8) is 0 Å². The van der Waals surface area contributed by atoms with Crippen molar-refractivity contribution in [1.29, 1.82) is 0 Å². The van der Waals surface area contributed by atoms with E-state index in [2.05, 4.69) is 10.3 Å². The number of ether oxygens (including phenoxy) is 1. The summed E-state index contributed by atoms with van der Waals surface area (Å²) in [4.78, 5) is 28.3. The lowest BCUT2D eigenvalue weighted by Gasteiger charge is -2.16. The Bertz CT molecular complexity index is 1160. The number of H-pyrrole nitrogens is 1. The van der Waals surface area contributed by atoms with Crippen molar-refractivity contribution in [1.82, 2.24) is 10.3 Å². The van der Waals surface area contributed by atoms with Gasteiger partial charge in [0.25, 0.3) is 5.91 Å². The highest BCUT2D eigenvalue weighted by molar-refractivity contribution is 6.00. The molecule has 0 radical (unpaired) electrons. The molecule has 0 saturated carbocycles. The van der Waals surface area contributed by atoms with Crippen molar-refractivity contribution in [2.24, 2.45) is 0 Å². The summed E-state index contributed by atoms with van der Waals surface area (Å²) in [6.45, 7) is 0. The molecular formula is C23H20N2O3. The summed E-state index contributed by atoms with van der Waals surface area (Å²) in [6.07, 6.45) is 2.21. The first-order valence-electron chi connectivity index (χ1n) is 9.08. The van der Waals surface area contributed by atoms with Gasteiger partial charge in [0.05, 0.1) is 7.11 Å². The van der Waals surface area contributed by atoms with Crippen LogP contribution in [0.3, 0.4) is 0 Å². The van der Waals surface area contributed by atoms with Crippen molar-refractivity contribution < 1.29 is 14.3 Å². The topological polar surface area (TPSA) is 71.2 Å². The summed E-state index contributed by atoms with van der Waals surface area (Å²) < 4.78 is 4.92. The summed E-state index contributed by atoms with van der Waals surface area (Å²) in [5.74, 6) is -0.777. The molecule has 0 aliphatic rings. The molecule has 28 heavy (non-hydrogen) atoms. The molecule has 0 spiro atoms. The van der Waals surface area contributed by atoms with Gasteiger partial charge in [-0.05, 0) is 34.5 Å². The SMILES string of the molecule is COC(=O)C(Cc1c[nH]c2ccccc12)NC(=O)c1ccc2ccccc2c1. The van der Waals surface area contributed by atoms with Gasteiger partial charge in [-0.25, -0.2) is 4.79 Å². The Balaban J connectivity index is 1.58. The number of benzene rings is 3. The molecule has 4 aromatic rings. The van der Waals surface area contributed by atoms with Crippen LogP contribution in [0.25, 0.3) is 21.7 Å². The van der Waals surface area contributed by atoms with Crippen LogP contribution >= 0.6 is 0 Å². The van der Waals surface area contributed by atoms with Gasteiger partial charge >= 0.3 is 5.97 Å². The zero-order valence-corrected chi connectivity index (χ0v) is 15.4. The number of fused-ring (bicyclic) bond motifs is 2. The molecule has 1 unspecified atom stereocenters. The van der Waals surface area contributed by atoms with Gasteiger partial charge in [-0.2, -0.15) is 0 Å². The molecular weight excluding hydrogens is 352 g/mol. The van der Waals surface area contributed by atoms with Gasteiger partial charge in [-0.15, -0.1) is 0 Å². The van der Waals surface area contributed by atoms with Gasteiger partial charge in [-0.1, -0.05) is 48.5 Å². The third kappa shape index (κ3) is 3.47. The summed E-state index contributed by atoms with van der Waals surface area (Å²) in [5.41, 5.74) is 2.44. The van der Waals surface area contributed by atoms with Gasteiger partial charge in [0.2, 0.25) is 0 Å². The molecule has 5 nitrogen and oxygen atoms in total. The Hall–Kier alpha value is -3.60. The van der Waals surface area contributed by atoms with Gasteiger partial charge in [0.1, 0.15) is 6.04 Å². The molecule has 1 amide bonds. The minimum atomic E-state index is -0.775. The number of para-hydroxylation sites is 1. The zero-order chi connectivity index (χ0) is 19.5. The number of esters is 1. The molecule has 1 aromatic heterocycles. The third-order valence-electron chi connectivity index (χ3n) is 4.90. The van der Waals surface area contributed by atoms with Crippen molar-refractivity contribution in [2.45, 2.75) is 12.5 Å². The number of aromatic amines is 1. The van der Waals surface area contributed by atoms with Crippen molar-refractivity contribution in [2.75, 3.05) is 7.11 Å². The zero-order valence-electron chi connectivity index (χ0n) is 15.4. The van der Waals surface area contributed by atoms with Gasteiger partial charge in [0, 0.05) is 29.1 Å². The Morgan fingerprint density at radius 3 is 2.57 bits per heavy atom. The number of hydrogen-bond donors (Lipinski definition) is 2. The average molecular weight is 372 g/mol. The number of methoxy groups -OCH3 is 1. The predicted octanol–water partition coefficient (Wildman–Crippen LogP) is 3.84. The molecule has 0 fully saturated rings. The van der Waals surface area contributed by atoms with Crippen LogP contribution in [0.4, 0.5) is 0 Å². The fourth-order valence-corrected chi connectivity index (χ4v) is 3.43. The van der Waals surface area contributed by atoms with Crippen LogP contribution in [0.2, 0.25) is 0 Å². The summed E-state index contributed by atoms with van der Waals surface area (Å²) in [7, 11) is 1.33. The van der Waals surface area contributed by atoms with E-state index in [1.807, 2.05) is 66.9 Å². The number of carbonyl (C=O) groups is 2. The molecule has 1 atom stereocenters. The second-order valence-corrected chi connectivity index (χ2v) is 6.67. The Morgan fingerprint density at radius 2 is 1.75 bits per heavy atom.